The molecule has 0 aliphatic rings. The lowest BCUT2D eigenvalue weighted by Crippen LogP contribution is -2.22. The van der Waals surface area contributed by atoms with Crippen LogP contribution < -0.4 is 0 Å². The van der Waals surface area contributed by atoms with Crippen molar-refractivity contribution in [2.45, 2.75) is 45.1 Å². The molecule has 0 radical (unpaired) electrons. The van der Waals surface area contributed by atoms with Gasteiger partial charge in [0.1, 0.15) is 6.79 Å². The molecule has 0 amide bonds. The van der Waals surface area contributed by atoms with Gasteiger partial charge in [0.2, 0.25) is 0 Å². The second-order valence-corrected chi connectivity index (χ2v) is 12.0. The van der Waals surface area contributed by atoms with E-state index in [0.29, 0.717) is 6.79 Å². The van der Waals surface area contributed by atoms with Crippen LogP contribution >= 0.6 is 11.3 Å². The third kappa shape index (κ3) is 7.65. The van der Waals surface area contributed by atoms with Crippen molar-refractivity contribution in [1.29, 1.82) is 0 Å². The Labute approximate surface area is 109 Å². The minimum Gasteiger partial charge on any atom is -0.356 e. The molecule has 1 aromatic heterocycles. The molecule has 3 nitrogen and oxygen atoms in total. The molecule has 0 aliphatic carbocycles. The Hall–Kier alpha value is -0.233. The van der Waals surface area contributed by atoms with E-state index in [0.717, 1.165) is 18.0 Å². The summed E-state index contributed by atoms with van der Waals surface area (Å²) in [7, 11) is -0.975. The van der Waals surface area contributed by atoms with Gasteiger partial charge in [0.05, 0.1) is 11.1 Å². The number of hydrogen-bond acceptors (Lipinski definition) is 4. The molecule has 0 aliphatic heterocycles. The zero-order valence-corrected chi connectivity index (χ0v) is 13.0. The van der Waals surface area contributed by atoms with E-state index >= 15 is 0 Å². The van der Waals surface area contributed by atoms with Crippen LogP contribution in [-0.2, 0) is 15.9 Å². The Morgan fingerprint density at radius 1 is 1.41 bits per heavy atom. The summed E-state index contributed by atoms with van der Waals surface area (Å²) in [6.45, 7) is 10.3. The Bertz CT molecular complexity index is 298. The highest BCUT2D eigenvalue weighted by Crippen LogP contribution is 2.10. The second kappa shape index (κ2) is 7.26. The summed E-state index contributed by atoms with van der Waals surface area (Å²) in [5.74, 6) is 0. The van der Waals surface area contributed by atoms with Crippen LogP contribution in [0.2, 0.25) is 25.7 Å². The fourth-order valence-electron chi connectivity index (χ4n) is 1.26. The van der Waals surface area contributed by atoms with Gasteiger partial charge in [-0.25, -0.2) is 4.98 Å². The topological polar surface area (TPSA) is 31.4 Å². The van der Waals surface area contributed by atoms with Crippen LogP contribution in [0.15, 0.2) is 11.6 Å². The SMILES string of the molecule is CC(Cc1nccs1)OCOCC[Si](C)(C)C. The largest absolute Gasteiger partial charge is 0.356 e. The number of aromatic nitrogens is 1. The molecule has 0 aromatic carbocycles. The Morgan fingerprint density at radius 3 is 2.76 bits per heavy atom. The van der Waals surface area contributed by atoms with Crippen LogP contribution in [-0.4, -0.2) is 32.6 Å². The molecule has 1 unspecified atom stereocenters. The number of rotatable bonds is 8. The van der Waals surface area contributed by atoms with Crippen molar-refractivity contribution in [2.75, 3.05) is 13.4 Å². The monoisotopic (exact) mass is 273 g/mol. The van der Waals surface area contributed by atoms with E-state index in [2.05, 4.69) is 31.5 Å². The molecular formula is C12H23NO2SSi. The first kappa shape index (κ1) is 14.8. The van der Waals surface area contributed by atoms with E-state index in [1.54, 1.807) is 11.3 Å². The zero-order valence-electron chi connectivity index (χ0n) is 11.2. The third-order valence-corrected chi connectivity index (χ3v) is 4.88. The maximum absolute atomic E-state index is 5.59. The lowest BCUT2D eigenvalue weighted by molar-refractivity contribution is -0.0799. The van der Waals surface area contributed by atoms with E-state index in [1.165, 1.54) is 6.04 Å². The van der Waals surface area contributed by atoms with Crippen molar-refractivity contribution in [1.82, 2.24) is 4.98 Å². The van der Waals surface area contributed by atoms with Crippen LogP contribution in [0.5, 0.6) is 0 Å². The Morgan fingerprint density at radius 2 is 2.18 bits per heavy atom. The molecule has 0 saturated carbocycles. The minimum atomic E-state index is -0.975. The molecule has 1 heterocycles. The van der Waals surface area contributed by atoms with Gasteiger partial charge in [-0.05, 0) is 13.0 Å². The van der Waals surface area contributed by atoms with Gasteiger partial charge >= 0.3 is 0 Å². The van der Waals surface area contributed by atoms with Crippen LogP contribution in [0.4, 0.5) is 0 Å². The van der Waals surface area contributed by atoms with Crippen molar-refractivity contribution in [3.8, 4) is 0 Å². The predicted molar refractivity (Wildman–Crippen MR) is 75.3 cm³/mol. The minimum absolute atomic E-state index is 0.174. The van der Waals surface area contributed by atoms with Gasteiger partial charge < -0.3 is 9.47 Å². The van der Waals surface area contributed by atoms with Crippen LogP contribution in [0, 0.1) is 0 Å². The van der Waals surface area contributed by atoms with Gasteiger partial charge in [-0.2, -0.15) is 0 Å². The van der Waals surface area contributed by atoms with E-state index < -0.39 is 8.07 Å². The van der Waals surface area contributed by atoms with Crippen molar-refractivity contribution in [3.63, 3.8) is 0 Å². The Balaban J connectivity index is 2.03. The maximum Gasteiger partial charge on any atom is 0.147 e. The second-order valence-electron chi connectivity index (χ2n) is 5.44. The lowest BCUT2D eigenvalue weighted by Gasteiger charge is -2.16. The quantitative estimate of drug-likeness (QED) is 0.413. The van der Waals surface area contributed by atoms with Gasteiger partial charge in [0.15, 0.2) is 0 Å². The summed E-state index contributed by atoms with van der Waals surface area (Å²) >= 11 is 1.67. The maximum atomic E-state index is 5.59. The molecule has 0 fully saturated rings. The highest BCUT2D eigenvalue weighted by Gasteiger charge is 2.12. The van der Waals surface area contributed by atoms with E-state index in [9.17, 15) is 0 Å². The highest BCUT2D eigenvalue weighted by atomic mass is 32.1. The lowest BCUT2D eigenvalue weighted by atomic mass is 10.3. The van der Waals surface area contributed by atoms with Crippen molar-refractivity contribution in [3.05, 3.63) is 16.6 Å². The van der Waals surface area contributed by atoms with Gasteiger partial charge in [0, 0.05) is 32.7 Å². The van der Waals surface area contributed by atoms with Gasteiger partial charge in [-0.15, -0.1) is 11.3 Å². The van der Waals surface area contributed by atoms with Crippen LogP contribution in [0.25, 0.3) is 0 Å². The molecule has 1 atom stereocenters. The van der Waals surface area contributed by atoms with Gasteiger partial charge in [-0.1, -0.05) is 19.6 Å². The van der Waals surface area contributed by atoms with Crippen molar-refractivity contribution >= 4 is 19.4 Å². The first-order chi connectivity index (χ1) is 7.97. The molecule has 98 valence electrons. The Kier molecular flexibility index (Phi) is 6.33. The molecular weight excluding hydrogens is 250 g/mol. The van der Waals surface area contributed by atoms with E-state index in [-0.39, 0.29) is 6.10 Å². The predicted octanol–water partition coefficient (Wildman–Crippen LogP) is 3.40. The fourth-order valence-corrected chi connectivity index (χ4v) is 2.75. The van der Waals surface area contributed by atoms with E-state index in [1.807, 2.05) is 11.6 Å². The normalized spacial score (nSPS) is 13.9. The highest BCUT2D eigenvalue weighted by molar-refractivity contribution is 7.09. The summed E-state index contributed by atoms with van der Waals surface area (Å²) in [5, 5.41) is 3.12. The van der Waals surface area contributed by atoms with Crippen LogP contribution in [0.3, 0.4) is 0 Å². The molecule has 0 bridgehead atoms. The first-order valence-corrected chi connectivity index (χ1v) is 10.6. The fraction of sp³-hybridized carbons (Fsp3) is 0.750. The standard InChI is InChI=1S/C12H23NO2SSi/c1-11(9-12-13-5-7-16-12)15-10-14-6-8-17(2,3)4/h5,7,11H,6,8-10H2,1-4H3. The molecule has 1 aromatic rings. The summed E-state index contributed by atoms with van der Waals surface area (Å²) < 4.78 is 11.1. The number of nitrogens with zero attached hydrogens (tertiary/aromatic N) is 1. The molecule has 0 saturated heterocycles. The van der Waals surface area contributed by atoms with Gasteiger partial charge in [0.25, 0.3) is 0 Å². The summed E-state index contributed by atoms with van der Waals surface area (Å²) in [6, 6.07) is 1.19. The summed E-state index contributed by atoms with van der Waals surface area (Å²) in [6.07, 6.45) is 2.87. The summed E-state index contributed by atoms with van der Waals surface area (Å²) in [5.41, 5.74) is 0. The molecule has 17 heavy (non-hydrogen) atoms. The summed E-state index contributed by atoms with van der Waals surface area (Å²) in [4.78, 5) is 4.24. The third-order valence-electron chi connectivity index (χ3n) is 2.38. The molecule has 0 N–H and O–H groups in total. The zero-order chi connectivity index (χ0) is 12.7. The van der Waals surface area contributed by atoms with Gasteiger partial charge in [-0.3, -0.25) is 0 Å². The average Bonchev–Trinajstić information content (AvgIpc) is 2.68. The van der Waals surface area contributed by atoms with E-state index in [4.69, 9.17) is 9.47 Å². The number of hydrogen-bond donors (Lipinski definition) is 0. The van der Waals surface area contributed by atoms with Crippen LogP contribution in [0.1, 0.15) is 11.9 Å². The smallest absolute Gasteiger partial charge is 0.147 e. The molecule has 5 heteroatoms. The number of thiazole rings is 1. The first-order valence-electron chi connectivity index (χ1n) is 6.05. The molecule has 1 rings (SSSR count). The number of ether oxygens (including phenoxy) is 2. The average molecular weight is 273 g/mol. The van der Waals surface area contributed by atoms with Crippen molar-refractivity contribution < 1.29 is 9.47 Å². The van der Waals surface area contributed by atoms with Crippen molar-refractivity contribution in [2.24, 2.45) is 0 Å². The molecule has 0 spiro atoms.